The van der Waals surface area contributed by atoms with Crippen molar-refractivity contribution in [3.8, 4) is 5.75 Å². The van der Waals surface area contributed by atoms with Crippen LogP contribution in [0.25, 0.3) is 0 Å². The first-order valence-corrected chi connectivity index (χ1v) is 5.30. The maximum absolute atomic E-state index is 11.9. The van der Waals surface area contributed by atoms with Gasteiger partial charge in [0.25, 0.3) is 5.91 Å². The van der Waals surface area contributed by atoms with E-state index in [1.807, 2.05) is 6.08 Å². The van der Waals surface area contributed by atoms with Gasteiger partial charge in [-0.3, -0.25) is 4.79 Å². The second-order valence-corrected chi connectivity index (χ2v) is 3.71. The normalized spacial score (nSPS) is 9.81. The van der Waals surface area contributed by atoms with E-state index < -0.39 is 0 Å². The first-order chi connectivity index (χ1) is 7.65. The van der Waals surface area contributed by atoms with Crippen LogP contribution in [0.4, 0.5) is 0 Å². The van der Waals surface area contributed by atoms with Crippen molar-refractivity contribution in [3.63, 3.8) is 0 Å². The molecule has 86 valence electrons. The van der Waals surface area contributed by atoms with Gasteiger partial charge in [0, 0.05) is 19.2 Å². The Kier molecular flexibility index (Phi) is 4.58. The number of carbonyl (C=O) groups excluding carboxylic acids is 1. The summed E-state index contributed by atoms with van der Waals surface area (Å²) in [6.45, 7) is 4.33. The Bertz CT molecular complexity index is 374. The smallest absolute Gasteiger partial charge is 0.253 e. The average Bonchev–Trinajstić information content (AvgIpc) is 2.28. The number of hydrogen-bond acceptors (Lipinski definition) is 2. The summed E-state index contributed by atoms with van der Waals surface area (Å²) in [7, 11) is 1.76. The predicted molar refractivity (Wildman–Crippen MR) is 64.5 cm³/mol. The minimum absolute atomic E-state index is 0.0695. The number of benzene rings is 1. The maximum Gasteiger partial charge on any atom is 0.253 e. The van der Waals surface area contributed by atoms with Gasteiger partial charge in [0.05, 0.1) is 0 Å². The molecule has 1 amide bonds. The van der Waals surface area contributed by atoms with Crippen LogP contribution in [0.15, 0.2) is 36.9 Å². The zero-order valence-corrected chi connectivity index (χ0v) is 9.52. The zero-order chi connectivity index (χ0) is 12.0. The Morgan fingerprint density at radius 2 is 2.31 bits per heavy atom. The number of hydrogen-bond donors (Lipinski definition) is 1. The number of carbonyl (C=O) groups is 1. The number of phenolic OH excluding ortho intramolecular Hbond substituents is 1. The SMILES string of the molecule is C=CCCCN(C)C(=O)c1cccc(O)c1. The number of aromatic hydroxyl groups is 1. The minimum Gasteiger partial charge on any atom is -0.508 e. The molecule has 3 nitrogen and oxygen atoms in total. The summed E-state index contributed by atoms with van der Waals surface area (Å²) in [5.41, 5.74) is 0.515. The van der Waals surface area contributed by atoms with Crippen LogP contribution in [-0.4, -0.2) is 29.5 Å². The van der Waals surface area contributed by atoms with Gasteiger partial charge in [0.15, 0.2) is 0 Å². The molecule has 1 aromatic rings. The molecule has 0 aliphatic heterocycles. The minimum atomic E-state index is -0.0695. The van der Waals surface area contributed by atoms with Gasteiger partial charge in [0.1, 0.15) is 5.75 Å². The summed E-state index contributed by atoms with van der Waals surface area (Å²) in [5.74, 6) is 0.0466. The number of amides is 1. The molecule has 0 radical (unpaired) electrons. The molecule has 1 rings (SSSR count). The molecule has 0 bridgehead atoms. The van der Waals surface area contributed by atoms with Gasteiger partial charge in [-0.25, -0.2) is 0 Å². The molecular formula is C13H17NO2. The summed E-state index contributed by atoms with van der Waals surface area (Å²) < 4.78 is 0. The Labute approximate surface area is 96.0 Å². The second kappa shape index (κ2) is 5.95. The molecule has 0 saturated carbocycles. The van der Waals surface area contributed by atoms with E-state index in [1.165, 1.54) is 6.07 Å². The van der Waals surface area contributed by atoms with Crippen molar-refractivity contribution >= 4 is 5.91 Å². The number of unbranched alkanes of at least 4 members (excludes halogenated alkanes) is 1. The highest BCUT2D eigenvalue weighted by Gasteiger charge is 2.10. The first kappa shape index (κ1) is 12.3. The van der Waals surface area contributed by atoms with Gasteiger partial charge in [-0.15, -0.1) is 6.58 Å². The molecule has 0 aliphatic rings. The lowest BCUT2D eigenvalue weighted by Gasteiger charge is -2.16. The van der Waals surface area contributed by atoms with E-state index >= 15 is 0 Å². The third-order valence-electron chi connectivity index (χ3n) is 2.34. The van der Waals surface area contributed by atoms with Crippen LogP contribution < -0.4 is 0 Å². The van der Waals surface area contributed by atoms with E-state index in [9.17, 15) is 9.90 Å². The van der Waals surface area contributed by atoms with Gasteiger partial charge in [-0.05, 0) is 31.0 Å². The highest BCUT2D eigenvalue weighted by atomic mass is 16.3. The Balaban J connectivity index is 2.59. The van der Waals surface area contributed by atoms with Crippen LogP contribution in [0, 0.1) is 0 Å². The lowest BCUT2D eigenvalue weighted by Crippen LogP contribution is -2.27. The van der Waals surface area contributed by atoms with Crippen molar-refractivity contribution < 1.29 is 9.90 Å². The molecule has 0 fully saturated rings. The molecule has 0 heterocycles. The molecule has 3 heteroatoms. The monoisotopic (exact) mass is 219 g/mol. The molecule has 0 unspecified atom stereocenters. The summed E-state index contributed by atoms with van der Waals surface area (Å²) in [6, 6.07) is 6.40. The van der Waals surface area contributed by atoms with Crippen LogP contribution >= 0.6 is 0 Å². The molecule has 0 aromatic heterocycles. The van der Waals surface area contributed by atoms with E-state index in [-0.39, 0.29) is 11.7 Å². The molecule has 0 aliphatic carbocycles. The highest BCUT2D eigenvalue weighted by Crippen LogP contribution is 2.12. The van der Waals surface area contributed by atoms with Gasteiger partial charge < -0.3 is 10.0 Å². The van der Waals surface area contributed by atoms with Crippen molar-refractivity contribution in [2.24, 2.45) is 0 Å². The van der Waals surface area contributed by atoms with Crippen molar-refractivity contribution in [3.05, 3.63) is 42.5 Å². The summed E-state index contributed by atoms with van der Waals surface area (Å²) in [6.07, 6.45) is 3.65. The number of nitrogens with zero attached hydrogens (tertiary/aromatic N) is 1. The first-order valence-electron chi connectivity index (χ1n) is 5.30. The molecule has 1 N–H and O–H groups in total. The number of rotatable bonds is 5. The number of phenols is 1. The van der Waals surface area contributed by atoms with Crippen molar-refractivity contribution in [1.82, 2.24) is 4.90 Å². The lowest BCUT2D eigenvalue weighted by molar-refractivity contribution is 0.0793. The molecule has 0 atom stereocenters. The Morgan fingerprint density at radius 3 is 2.94 bits per heavy atom. The third-order valence-corrected chi connectivity index (χ3v) is 2.34. The summed E-state index contributed by atoms with van der Waals surface area (Å²) in [4.78, 5) is 13.5. The van der Waals surface area contributed by atoms with Crippen LogP contribution in [0.1, 0.15) is 23.2 Å². The van der Waals surface area contributed by atoms with E-state index in [2.05, 4.69) is 6.58 Å². The van der Waals surface area contributed by atoms with Crippen molar-refractivity contribution in [2.75, 3.05) is 13.6 Å². The van der Waals surface area contributed by atoms with Crippen LogP contribution in [0.5, 0.6) is 5.75 Å². The fourth-order valence-electron chi connectivity index (χ4n) is 1.43. The lowest BCUT2D eigenvalue weighted by atomic mass is 10.2. The third kappa shape index (κ3) is 3.42. The Morgan fingerprint density at radius 1 is 1.56 bits per heavy atom. The average molecular weight is 219 g/mol. The Hall–Kier alpha value is -1.77. The second-order valence-electron chi connectivity index (χ2n) is 3.71. The fourth-order valence-corrected chi connectivity index (χ4v) is 1.43. The fraction of sp³-hybridized carbons (Fsp3) is 0.308. The highest BCUT2D eigenvalue weighted by molar-refractivity contribution is 5.94. The van der Waals surface area contributed by atoms with Crippen LogP contribution in [-0.2, 0) is 0 Å². The van der Waals surface area contributed by atoms with E-state index in [0.717, 1.165) is 12.8 Å². The van der Waals surface area contributed by atoms with Crippen LogP contribution in [0.3, 0.4) is 0 Å². The van der Waals surface area contributed by atoms with E-state index in [4.69, 9.17) is 0 Å². The topological polar surface area (TPSA) is 40.5 Å². The van der Waals surface area contributed by atoms with E-state index in [0.29, 0.717) is 12.1 Å². The van der Waals surface area contributed by atoms with Gasteiger partial charge in [0.2, 0.25) is 0 Å². The molecule has 0 saturated heterocycles. The largest absolute Gasteiger partial charge is 0.508 e. The predicted octanol–water partition coefficient (Wildman–Crippen LogP) is 2.43. The summed E-state index contributed by atoms with van der Waals surface area (Å²) in [5, 5.41) is 9.27. The maximum atomic E-state index is 11.9. The van der Waals surface area contributed by atoms with Gasteiger partial charge >= 0.3 is 0 Å². The van der Waals surface area contributed by atoms with Gasteiger partial charge in [-0.1, -0.05) is 12.1 Å². The molecular weight excluding hydrogens is 202 g/mol. The van der Waals surface area contributed by atoms with Crippen molar-refractivity contribution in [2.45, 2.75) is 12.8 Å². The summed E-state index contributed by atoms with van der Waals surface area (Å²) >= 11 is 0. The van der Waals surface area contributed by atoms with Crippen molar-refractivity contribution in [1.29, 1.82) is 0 Å². The van der Waals surface area contributed by atoms with Gasteiger partial charge in [-0.2, -0.15) is 0 Å². The zero-order valence-electron chi connectivity index (χ0n) is 9.52. The molecule has 0 spiro atoms. The van der Waals surface area contributed by atoms with E-state index in [1.54, 1.807) is 30.1 Å². The number of allylic oxidation sites excluding steroid dienone is 1. The van der Waals surface area contributed by atoms with Crippen LogP contribution in [0.2, 0.25) is 0 Å². The standard InChI is InChI=1S/C13H17NO2/c1-3-4-5-9-14(2)13(16)11-7-6-8-12(15)10-11/h3,6-8,10,15H,1,4-5,9H2,2H3. The quantitative estimate of drug-likeness (QED) is 0.610. The molecule has 1 aromatic carbocycles. The molecule has 16 heavy (non-hydrogen) atoms.